The van der Waals surface area contributed by atoms with E-state index < -0.39 is 5.82 Å². The number of hydrogen-bond acceptors (Lipinski definition) is 4. The Bertz CT molecular complexity index is 675. The van der Waals surface area contributed by atoms with Crippen LogP contribution in [0.5, 0.6) is 5.88 Å². The smallest absolute Gasteiger partial charge is 0.214 e. The Balaban J connectivity index is 2.03. The number of ether oxygens (including phenoxy) is 1. The summed E-state index contributed by atoms with van der Waals surface area (Å²) < 4.78 is 18.0. The first-order valence-electron chi connectivity index (χ1n) is 5.89. The molecule has 0 aliphatic carbocycles. The van der Waals surface area contributed by atoms with Gasteiger partial charge in [0.05, 0.1) is 0 Å². The minimum absolute atomic E-state index is 0.211. The van der Waals surface area contributed by atoms with Crippen molar-refractivity contribution in [2.24, 2.45) is 0 Å². The van der Waals surface area contributed by atoms with Crippen LogP contribution in [-0.2, 0) is 0 Å². The summed E-state index contributed by atoms with van der Waals surface area (Å²) in [5.41, 5.74) is 1.36. The van der Waals surface area contributed by atoms with Gasteiger partial charge in [0.1, 0.15) is 17.6 Å². The fourth-order valence-electron chi connectivity index (χ4n) is 1.56. The molecule has 0 radical (unpaired) electrons. The number of aryl methyl sites for hydroxylation is 1. The van der Waals surface area contributed by atoms with Gasteiger partial charge < -0.3 is 4.74 Å². The lowest BCUT2D eigenvalue weighted by molar-refractivity contribution is 0.0918. The summed E-state index contributed by atoms with van der Waals surface area (Å²) in [4.78, 5) is 15.8. The Morgan fingerprint density at radius 3 is 2.65 bits per heavy atom. The van der Waals surface area contributed by atoms with E-state index in [1.54, 1.807) is 19.1 Å². The van der Waals surface area contributed by atoms with E-state index in [4.69, 9.17) is 10.00 Å². The lowest BCUT2D eigenvalue weighted by Crippen LogP contribution is -2.12. The fourth-order valence-corrected chi connectivity index (χ4v) is 1.56. The van der Waals surface area contributed by atoms with E-state index in [0.29, 0.717) is 5.56 Å². The first-order chi connectivity index (χ1) is 9.60. The zero-order chi connectivity index (χ0) is 14.5. The lowest BCUT2D eigenvalue weighted by Gasteiger charge is -2.06. The van der Waals surface area contributed by atoms with Crippen LogP contribution in [0.25, 0.3) is 0 Å². The number of nitrogens with zero attached hydrogens (tertiary/aromatic N) is 2. The second kappa shape index (κ2) is 5.93. The third kappa shape index (κ3) is 3.18. The molecule has 0 N–H and O–H groups in total. The number of benzene rings is 1. The molecule has 0 fully saturated rings. The van der Waals surface area contributed by atoms with Crippen LogP contribution in [-0.4, -0.2) is 17.4 Å². The molecule has 1 aromatic carbocycles. The van der Waals surface area contributed by atoms with Crippen LogP contribution >= 0.6 is 0 Å². The number of halogens is 1. The summed E-state index contributed by atoms with van der Waals surface area (Å²) in [5.74, 6) is -0.477. The molecular formula is C15H11FN2O2. The van der Waals surface area contributed by atoms with Gasteiger partial charge in [0.2, 0.25) is 5.88 Å². The maximum absolute atomic E-state index is 12.7. The molecule has 20 heavy (non-hydrogen) atoms. The van der Waals surface area contributed by atoms with Gasteiger partial charge in [-0.15, -0.1) is 0 Å². The molecule has 0 amide bonds. The molecule has 0 aliphatic rings. The number of hydrogen-bond donors (Lipinski definition) is 0. The Morgan fingerprint density at radius 1 is 1.30 bits per heavy atom. The predicted molar refractivity (Wildman–Crippen MR) is 69.9 cm³/mol. The van der Waals surface area contributed by atoms with Gasteiger partial charge in [-0.05, 0) is 36.8 Å². The van der Waals surface area contributed by atoms with Crippen LogP contribution in [0.2, 0.25) is 0 Å². The van der Waals surface area contributed by atoms with Gasteiger partial charge in [-0.1, -0.05) is 6.07 Å². The Kier molecular flexibility index (Phi) is 4.06. The lowest BCUT2D eigenvalue weighted by atomic mass is 10.1. The minimum atomic E-state index is -0.402. The highest BCUT2D eigenvalue weighted by Gasteiger charge is 2.08. The van der Waals surface area contributed by atoms with Gasteiger partial charge in [0.25, 0.3) is 0 Å². The maximum Gasteiger partial charge on any atom is 0.214 e. The molecule has 100 valence electrons. The van der Waals surface area contributed by atoms with Crippen LogP contribution in [0.4, 0.5) is 4.39 Å². The molecule has 0 bridgehead atoms. The average molecular weight is 270 g/mol. The molecule has 0 saturated carbocycles. The Labute approximate surface area is 115 Å². The zero-order valence-electron chi connectivity index (χ0n) is 10.8. The number of carbonyl (C=O) groups is 1. The molecule has 0 unspecified atom stereocenters. The van der Waals surface area contributed by atoms with E-state index in [1.165, 1.54) is 24.3 Å². The summed E-state index contributed by atoms with van der Waals surface area (Å²) in [6.07, 6.45) is 0. The van der Waals surface area contributed by atoms with Crippen molar-refractivity contribution >= 4 is 5.78 Å². The predicted octanol–water partition coefficient (Wildman–Crippen LogP) is 2.66. The number of aromatic nitrogens is 1. The van der Waals surface area contributed by atoms with E-state index >= 15 is 0 Å². The summed E-state index contributed by atoms with van der Waals surface area (Å²) >= 11 is 0. The van der Waals surface area contributed by atoms with Crippen molar-refractivity contribution in [1.82, 2.24) is 4.98 Å². The second-order valence-corrected chi connectivity index (χ2v) is 4.15. The number of nitriles is 1. The van der Waals surface area contributed by atoms with Crippen molar-refractivity contribution in [3.63, 3.8) is 0 Å². The monoisotopic (exact) mass is 270 g/mol. The molecule has 2 aromatic rings. The first-order valence-corrected chi connectivity index (χ1v) is 5.89. The van der Waals surface area contributed by atoms with Gasteiger partial charge in [-0.3, -0.25) is 4.79 Å². The third-order valence-corrected chi connectivity index (χ3v) is 2.69. The quantitative estimate of drug-likeness (QED) is 0.801. The standard InChI is InChI=1S/C15H11FN2O2/c1-10-2-7-15(18-13(10)8-17)20-9-14(19)11-3-5-12(16)6-4-11/h2-7H,9H2,1H3. The Morgan fingerprint density at radius 2 is 2.00 bits per heavy atom. The van der Waals surface area contributed by atoms with Gasteiger partial charge in [0.15, 0.2) is 12.4 Å². The fraction of sp³-hybridized carbons (Fsp3) is 0.133. The number of pyridine rings is 1. The van der Waals surface area contributed by atoms with Gasteiger partial charge in [-0.2, -0.15) is 5.26 Å². The minimum Gasteiger partial charge on any atom is -0.469 e. The third-order valence-electron chi connectivity index (χ3n) is 2.69. The van der Waals surface area contributed by atoms with Gasteiger partial charge >= 0.3 is 0 Å². The molecule has 1 heterocycles. The number of rotatable bonds is 4. The molecule has 2 rings (SSSR count). The largest absolute Gasteiger partial charge is 0.469 e. The highest BCUT2D eigenvalue weighted by Crippen LogP contribution is 2.12. The van der Waals surface area contributed by atoms with E-state index in [-0.39, 0.29) is 24.0 Å². The second-order valence-electron chi connectivity index (χ2n) is 4.15. The number of ketones is 1. The van der Waals surface area contributed by atoms with Crippen molar-refractivity contribution in [3.05, 3.63) is 59.0 Å². The molecule has 0 spiro atoms. The van der Waals surface area contributed by atoms with Crippen molar-refractivity contribution in [2.75, 3.05) is 6.61 Å². The van der Waals surface area contributed by atoms with E-state index in [2.05, 4.69) is 4.98 Å². The van der Waals surface area contributed by atoms with Crippen molar-refractivity contribution in [2.45, 2.75) is 6.92 Å². The SMILES string of the molecule is Cc1ccc(OCC(=O)c2ccc(F)cc2)nc1C#N. The van der Waals surface area contributed by atoms with Crippen LogP contribution in [0.15, 0.2) is 36.4 Å². The molecule has 0 aliphatic heterocycles. The van der Waals surface area contributed by atoms with Crippen molar-refractivity contribution in [1.29, 1.82) is 5.26 Å². The molecule has 0 atom stereocenters. The maximum atomic E-state index is 12.7. The summed E-state index contributed by atoms with van der Waals surface area (Å²) in [6.45, 7) is 1.55. The topological polar surface area (TPSA) is 63.0 Å². The highest BCUT2D eigenvalue weighted by atomic mass is 19.1. The molecule has 0 saturated heterocycles. The van der Waals surface area contributed by atoms with Crippen LogP contribution < -0.4 is 4.74 Å². The summed E-state index contributed by atoms with van der Waals surface area (Å²) in [6, 6.07) is 10.4. The molecular weight excluding hydrogens is 259 g/mol. The van der Waals surface area contributed by atoms with Gasteiger partial charge in [0, 0.05) is 11.6 Å². The van der Waals surface area contributed by atoms with E-state index in [0.717, 1.165) is 5.56 Å². The average Bonchev–Trinajstić information content (AvgIpc) is 2.46. The van der Waals surface area contributed by atoms with Crippen LogP contribution in [0.3, 0.4) is 0 Å². The number of Topliss-reactive ketones (excluding diaryl/α,β-unsaturated/α-hetero) is 1. The number of carbonyl (C=O) groups excluding carboxylic acids is 1. The van der Waals surface area contributed by atoms with Crippen LogP contribution in [0.1, 0.15) is 21.6 Å². The van der Waals surface area contributed by atoms with Crippen molar-refractivity contribution < 1.29 is 13.9 Å². The molecule has 1 aromatic heterocycles. The highest BCUT2D eigenvalue weighted by molar-refractivity contribution is 5.97. The van der Waals surface area contributed by atoms with Crippen LogP contribution in [0, 0.1) is 24.1 Å². The Hall–Kier alpha value is -2.74. The normalized spacial score (nSPS) is 9.85. The van der Waals surface area contributed by atoms with Crippen molar-refractivity contribution in [3.8, 4) is 11.9 Å². The van der Waals surface area contributed by atoms with Gasteiger partial charge in [-0.25, -0.2) is 9.37 Å². The van der Waals surface area contributed by atoms with E-state index in [1.807, 2.05) is 6.07 Å². The molecule has 4 nitrogen and oxygen atoms in total. The summed E-state index contributed by atoms with van der Waals surface area (Å²) in [7, 11) is 0. The summed E-state index contributed by atoms with van der Waals surface area (Å²) in [5, 5.41) is 8.85. The zero-order valence-corrected chi connectivity index (χ0v) is 10.8. The first kappa shape index (κ1) is 13.7. The van der Waals surface area contributed by atoms with E-state index in [9.17, 15) is 9.18 Å². The molecule has 5 heteroatoms.